The lowest BCUT2D eigenvalue weighted by Gasteiger charge is -2.17. The van der Waals surface area contributed by atoms with Crippen molar-refractivity contribution < 1.29 is 9.84 Å². The zero-order valence-corrected chi connectivity index (χ0v) is 9.73. The highest BCUT2D eigenvalue weighted by Gasteiger charge is 2.13. The Morgan fingerprint density at radius 2 is 1.87 bits per heavy atom. The molecule has 0 aromatic heterocycles. The van der Waals surface area contributed by atoms with Gasteiger partial charge >= 0.3 is 0 Å². The van der Waals surface area contributed by atoms with Gasteiger partial charge in [-0.1, -0.05) is 44.5 Å². The lowest BCUT2D eigenvalue weighted by molar-refractivity contribution is 0.115. The van der Waals surface area contributed by atoms with Crippen LogP contribution in [-0.2, 0) is 11.3 Å². The van der Waals surface area contributed by atoms with Crippen molar-refractivity contribution in [3.05, 3.63) is 35.4 Å². The molecule has 0 aliphatic carbocycles. The van der Waals surface area contributed by atoms with Crippen LogP contribution in [0.15, 0.2) is 24.3 Å². The van der Waals surface area contributed by atoms with E-state index < -0.39 is 0 Å². The molecule has 0 heterocycles. The standard InChI is InChI=1S/C13H20O2/c1-4-10(2)13(14)12-7-5-11(6-8-12)9-15-3/h5-8,10,13-14H,4,9H2,1-3H3. The van der Waals surface area contributed by atoms with Gasteiger partial charge in [0.1, 0.15) is 0 Å². The quantitative estimate of drug-likeness (QED) is 0.806. The van der Waals surface area contributed by atoms with Crippen LogP contribution in [0.3, 0.4) is 0 Å². The van der Waals surface area contributed by atoms with E-state index in [1.165, 1.54) is 0 Å². The summed E-state index contributed by atoms with van der Waals surface area (Å²) in [6, 6.07) is 7.96. The molecule has 1 aromatic carbocycles. The van der Waals surface area contributed by atoms with E-state index in [4.69, 9.17) is 4.74 Å². The Hall–Kier alpha value is -0.860. The second-order valence-electron chi connectivity index (χ2n) is 4.00. The summed E-state index contributed by atoms with van der Waals surface area (Å²) >= 11 is 0. The van der Waals surface area contributed by atoms with Gasteiger partial charge in [-0.3, -0.25) is 0 Å². The molecule has 0 fully saturated rings. The average Bonchev–Trinajstić information content (AvgIpc) is 2.28. The van der Waals surface area contributed by atoms with E-state index in [1.807, 2.05) is 24.3 Å². The van der Waals surface area contributed by atoms with Crippen LogP contribution in [0, 0.1) is 5.92 Å². The van der Waals surface area contributed by atoms with Gasteiger partial charge in [0.15, 0.2) is 0 Å². The van der Waals surface area contributed by atoms with Gasteiger partial charge in [0.25, 0.3) is 0 Å². The fourth-order valence-corrected chi connectivity index (χ4v) is 1.53. The van der Waals surface area contributed by atoms with E-state index in [9.17, 15) is 5.11 Å². The molecule has 0 spiro atoms. The summed E-state index contributed by atoms with van der Waals surface area (Å²) in [5, 5.41) is 9.98. The fourth-order valence-electron chi connectivity index (χ4n) is 1.53. The number of benzene rings is 1. The van der Waals surface area contributed by atoms with Crippen molar-refractivity contribution in [1.82, 2.24) is 0 Å². The van der Waals surface area contributed by atoms with Crippen molar-refractivity contribution in [3.63, 3.8) is 0 Å². The molecule has 2 nitrogen and oxygen atoms in total. The molecule has 1 N–H and O–H groups in total. The molecule has 2 heteroatoms. The lowest BCUT2D eigenvalue weighted by Crippen LogP contribution is -2.08. The maximum Gasteiger partial charge on any atom is 0.0815 e. The van der Waals surface area contributed by atoms with Crippen molar-refractivity contribution in [2.75, 3.05) is 7.11 Å². The summed E-state index contributed by atoms with van der Waals surface area (Å²) in [6.07, 6.45) is 0.632. The first-order chi connectivity index (χ1) is 7.19. The Kier molecular flexibility index (Phi) is 4.79. The average molecular weight is 208 g/mol. The van der Waals surface area contributed by atoms with E-state index in [0.717, 1.165) is 17.5 Å². The number of hydrogen-bond acceptors (Lipinski definition) is 2. The number of hydrogen-bond donors (Lipinski definition) is 1. The van der Waals surface area contributed by atoms with Gasteiger partial charge in [-0.2, -0.15) is 0 Å². The molecule has 0 aliphatic heterocycles. The Labute approximate surface area is 91.9 Å². The molecule has 1 rings (SSSR count). The van der Waals surface area contributed by atoms with Crippen LogP contribution >= 0.6 is 0 Å². The Morgan fingerprint density at radius 3 is 2.33 bits per heavy atom. The predicted octanol–water partition coefficient (Wildman–Crippen LogP) is 2.91. The van der Waals surface area contributed by atoms with E-state index in [2.05, 4.69) is 13.8 Å². The Morgan fingerprint density at radius 1 is 1.27 bits per heavy atom. The molecule has 1 aromatic rings. The topological polar surface area (TPSA) is 29.5 Å². The molecule has 0 amide bonds. The predicted molar refractivity (Wildman–Crippen MR) is 61.6 cm³/mol. The zero-order chi connectivity index (χ0) is 11.3. The van der Waals surface area contributed by atoms with Crippen molar-refractivity contribution in [3.8, 4) is 0 Å². The summed E-state index contributed by atoms with van der Waals surface area (Å²) in [4.78, 5) is 0. The summed E-state index contributed by atoms with van der Waals surface area (Å²) < 4.78 is 5.03. The molecule has 2 unspecified atom stereocenters. The SMILES string of the molecule is CCC(C)C(O)c1ccc(COC)cc1. The van der Waals surface area contributed by atoms with Crippen LogP contribution in [0.1, 0.15) is 37.5 Å². The van der Waals surface area contributed by atoms with E-state index in [1.54, 1.807) is 7.11 Å². The lowest BCUT2D eigenvalue weighted by atomic mass is 9.95. The van der Waals surface area contributed by atoms with Gasteiger partial charge < -0.3 is 9.84 Å². The third-order valence-corrected chi connectivity index (χ3v) is 2.82. The number of methoxy groups -OCH3 is 1. The van der Waals surface area contributed by atoms with Crippen LogP contribution in [-0.4, -0.2) is 12.2 Å². The number of aliphatic hydroxyl groups excluding tert-OH is 1. The highest BCUT2D eigenvalue weighted by Crippen LogP contribution is 2.24. The Balaban J connectivity index is 2.70. The van der Waals surface area contributed by atoms with Crippen molar-refractivity contribution in [2.24, 2.45) is 5.92 Å². The molecule has 0 aliphatic rings. The van der Waals surface area contributed by atoms with Crippen LogP contribution < -0.4 is 0 Å². The highest BCUT2D eigenvalue weighted by atomic mass is 16.5. The molecule has 0 saturated carbocycles. The van der Waals surface area contributed by atoms with Gasteiger partial charge in [-0.05, 0) is 17.0 Å². The van der Waals surface area contributed by atoms with E-state index in [-0.39, 0.29) is 6.10 Å². The summed E-state index contributed by atoms with van der Waals surface area (Å²) in [5.74, 6) is 0.304. The third kappa shape index (κ3) is 3.33. The zero-order valence-electron chi connectivity index (χ0n) is 9.73. The molecular formula is C13H20O2. The largest absolute Gasteiger partial charge is 0.388 e. The molecule has 84 valence electrons. The number of ether oxygens (including phenoxy) is 1. The second kappa shape index (κ2) is 5.89. The van der Waals surface area contributed by atoms with Gasteiger partial charge in [0.2, 0.25) is 0 Å². The highest BCUT2D eigenvalue weighted by molar-refractivity contribution is 5.24. The molecular weight excluding hydrogens is 188 g/mol. The van der Waals surface area contributed by atoms with Crippen molar-refractivity contribution >= 4 is 0 Å². The first-order valence-electron chi connectivity index (χ1n) is 5.44. The summed E-state index contributed by atoms with van der Waals surface area (Å²) in [5.41, 5.74) is 2.13. The summed E-state index contributed by atoms with van der Waals surface area (Å²) in [6.45, 7) is 4.78. The van der Waals surface area contributed by atoms with Crippen molar-refractivity contribution in [1.29, 1.82) is 0 Å². The van der Waals surface area contributed by atoms with Crippen molar-refractivity contribution in [2.45, 2.75) is 33.0 Å². The number of rotatable bonds is 5. The van der Waals surface area contributed by atoms with E-state index in [0.29, 0.717) is 12.5 Å². The first kappa shape index (κ1) is 12.2. The molecule has 2 atom stereocenters. The van der Waals surface area contributed by atoms with Gasteiger partial charge in [0, 0.05) is 7.11 Å². The van der Waals surface area contributed by atoms with Crippen LogP contribution in [0.25, 0.3) is 0 Å². The Bertz CT molecular complexity index is 279. The second-order valence-corrected chi connectivity index (χ2v) is 4.00. The van der Waals surface area contributed by atoms with Crippen LogP contribution in [0.2, 0.25) is 0 Å². The molecule has 0 radical (unpaired) electrons. The van der Waals surface area contributed by atoms with Gasteiger partial charge in [-0.25, -0.2) is 0 Å². The smallest absolute Gasteiger partial charge is 0.0815 e. The van der Waals surface area contributed by atoms with Gasteiger partial charge in [-0.15, -0.1) is 0 Å². The third-order valence-electron chi connectivity index (χ3n) is 2.82. The molecule has 0 bridgehead atoms. The van der Waals surface area contributed by atoms with Gasteiger partial charge in [0.05, 0.1) is 12.7 Å². The molecule has 0 saturated heterocycles. The normalized spacial score (nSPS) is 14.9. The fraction of sp³-hybridized carbons (Fsp3) is 0.538. The van der Waals surface area contributed by atoms with E-state index >= 15 is 0 Å². The maximum absolute atomic E-state index is 9.98. The molecule has 15 heavy (non-hydrogen) atoms. The minimum atomic E-state index is -0.355. The summed E-state index contributed by atoms with van der Waals surface area (Å²) in [7, 11) is 1.68. The first-order valence-corrected chi connectivity index (χ1v) is 5.44. The maximum atomic E-state index is 9.98. The monoisotopic (exact) mass is 208 g/mol. The minimum Gasteiger partial charge on any atom is -0.388 e. The minimum absolute atomic E-state index is 0.304. The van der Waals surface area contributed by atoms with Crippen LogP contribution in [0.4, 0.5) is 0 Å². The number of aliphatic hydroxyl groups is 1. The van der Waals surface area contributed by atoms with Crippen LogP contribution in [0.5, 0.6) is 0 Å².